The van der Waals surface area contributed by atoms with E-state index in [1.165, 1.54) is 5.56 Å². The lowest BCUT2D eigenvalue weighted by molar-refractivity contribution is 0.233. The van der Waals surface area contributed by atoms with Crippen LogP contribution in [0, 0.1) is 5.41 Å². The molecule has 0 radical (unpaired) electrons. The van der Waals surface area contributed by atoms with Gasteiger partial charge in [0.25, 0.3) is 0 Å². The maximum absolute atomic E-state index is 8.89. The monoisotopic (exact) mass is 313 g/mol. The van der Waals surface area contributed by atoms with Gasteiger partial charge in [-0.25, -0.2) is 0 Å². The van der Waals surface area contributed by atoms with Crippen molar-refractivity contribution in [3.05, 3.63) is 34.3 Å². The second-order valence-electron chi connectivity index (χ2n) is 5.65. The number of halogens is 1. The van der Waals surface area contributed by atoms with Crippen LogP contribution in [0.5, 0.6) is 0 Å². The summed E-state index contributed by atoms with van der Waals surface area (Å²) in [6.45, 7) is 7.90. The number of benzene rings is 1. The molecular formula is C15H24BrNO. The Morgan fingerprint density at radius 2 is 2.11 bits per heavy atom. The van der Waals surface area contributed by atoms with E-state index in [0.29, 0.717) is 6.04 Å². The molecule has 2 nitrogen and oxygen atoms in total. The molecule has 2 N–H and O–H groups in total. The van der Waals surface area contributed by atoms with E-state index in [9.17, 15) is 0 Å². The molecule has 0 aliphatic rings. The average Bonchev–Trinajstić information content (AvgIpc) is 2.34. The predicted octanol–water partition coefficient (Wildman–Crippen LogP) is 3.90. The summed E-state index contributed by atoms with van der Waals surface area (Å²) in [5, 5.41) is 12.5. The molecule has 1 rings (SSSR count). The van der Waals surface area contributed by atoms with Gasteiger partial charge in [0, 0.05) is 23.7 Å². The minimum Gasteiger partial charge on any atom is -0.396 e. The van der Waals surface area contributed by atoms with Gasteiger partial charge in [-0.15, -0.1) is 0 Å². The fraction of sp³-hybridized carbons (Fsp3) is 0.600. The molecule has 1 atom stereocenters. The van der Waals surface area contributed by atoms with E-state index in [1.54, 1.807) is 0 Å². The lowest BCUT2D eigenvalue weighted by Crippen LogP contribution is -2.31. The molecule has 0 aliphatic carbocycles. The lowest BCUT2D eigenvalue weighted by atomic mass is 9.87. The van der Waals surface area contributed by atoms with Crippen molar-refractivity contribution in [1.82, 2.24) is 5.32 Å². The van der Waals surface area contributed by atoms with Crippen molar-refractivity contribution < 1.29 is 5.11 Å². The van der Waals surface area contributed by atoms with E-state index in [-0.39, 0.29) is 12.0 Å². The molecule has 0 heterocycles. The number of aliphatic hydroxyl groups excluding tert-OH is 1. The summed E-state index contributed by atoms with van der Waals surface area (Å²) in [5.74, 6) is 0. The van der Waals surface area contributed by atoms with Crippen molar-refractivity contribution in [2.75, 3.05) is 13.2 Å². The maximum atomic E-state index is 8.89. The van der Waals surface area contributed by atoms with Crippen LogP contribution in [0.1, 0.15) is 45.2 Å². The summed E-state index contributed by atoms with van der Waals surface area (Å²) in [5.41, 5.74) is 1.52. The molecule has 1 aromatic rings. The van der Waals surface area contributed by atoms with E-state index < -0.39 is 0 Å². The Morgan fingerprint density at radius 3 is 2.72 bits per heavy atom. The fourth-order valence-electron chi connectivity index (χ4n) is 1.97. The second-order valence-corrected chi connectivity index (χ2v) is 6.56. The molecule has 0 saturated carbocycles. The van der Waals surface area contributed by atoms with Gasteiger partial charge in [0.1, 0.15) is 0 Å². The van der Waals surface area contributed by atoms with Crippen LogP contribution in [0.2, 0.25) is 0 Å². The molecule has 0 saturated heterocycles. The highest BCUT2D eigenvalue weighted by Crippen LogP contribution is 2.23. The first-order valence-electron chi connectivity index (χ1n) is 6.54. The molecule has 0 aliphatic heterocycles. The zero-order valence-electron chi connectivity index (χ0n) is 11.5. The topological polar surface area (TPSA) is 32.3 Å². The van der Waals surface area contributed by atoms with Gasteiger partial charge >= 0.3 is 0 Å². The van der Waals surface area contributed by atoms with Gasteiger partial charge in [-0.3, -0.25) is 0 Å². The average molecular weight is 314 g/mol. The Kier molecular flexibility index (Phi) is 6.33. The van der Waals surface area contributed by atoms with Gasteiger partial charge in [0.05, 0.1) is 0 Å². The van der Waals surface area contributed by atoms with Crippen LogP contribution in [0.4, 0.5) is 0 Å². The van der Waals surface area contributed by atoms with Crippen molar-refractivity contribution in [3.63, 3.8) is 0 Å². The molecular weight excluding hydrogens is 290 g/mol. The standard InChI is InChI=1S/C15H24BrNO/c1-12(13-6-4-7-14(16)10-13)17-11-15(2,3)8-5-9-18/h4,6-7,10,12,17-18H,5,8-9,11H2,1-3H3. The van der Waals surface area contributed by atoms with E-state index in [4.69, 9.17) is 5.11 Å². The van der Waals surface area contributed by atoms with E-state index in [1.807, 2.05) is 6.07 Å². The Balaban J connectivity index is 2.48. The molecule has 0 aromatic heterocycles. The van der Waals surface area contributed by atoms with E-state index in [0.717, 1.165) is 23.9 Å². The molecule has 1 unspecified atom stereocenters. The maximum Gasteiger partial charge on any atom is 0.0431 e. The summed E-state index contributed by atoms with van der Waals surface area (Å²) in [4.78, 5) is 0. The zero-order chi connectivity index (χ0) is 13.6. The molecule has 0 amide bonds. The van der Waals surface area contributed by atoms with Crippen molar-refractivity contribution >= 4 is 15.9 Å². The van der Waals surface area contributed by atoms with Crippen molar-refractivity contribution in [3.8, 4) is 0 Å². The summed E-state index contributed by atoms with van der Waals surface area (Å²) in [7, 11) is 0. The molecule has 18 heavy (non-hydrogen) atoms. The summed E-state index contributed by atoms with van der Waals surface area (Å²) in [6, 6.07) is 8.74. The van der Waals surface area contributed by atoms with Gasteiger partial charge in [0.15, 0.2) is 0 Å². The number of hydrogen-bond donors (Lipinski definition) is 2. The molecule has 0 fully saturated rings. The molecule has 102 valence electrons. The first-order chi connectivity index (χ1) is 8.44. The van der Waals surface area contributed by atoms with E-state index >= 15 is 0 Å². The van der Waals surface area contributed by atoms with Crippen LogP contribution >= 0.6 is 15.9 Å². The fourth-order valence-corrected chi connectivity index (χ4v) is 2.39. The van der Waals surface area contributed by atoms with Crippen LogP contribution in [0.15, 0.2) is 28.7 Å². The second kappa shape index (κ2) is 7.27. The highest BCUT2D eigenvalue weighted by atomic mass is 79.9. The highest BCUT2D eigenvalue weighted by molar-refractivity contribution is 9.10. The smallest absolute Gasteiger partial charge is 0.0431 e. The molecule has 3 heteroatoms. The quantitative estimate of drug-likeness (QED) is 0.800. The van der Waals surface area contributed by atoms with Gasteiger partial charge in [-0.05, 0) is 42.9 Å². The largest absolute Gasteiger partial charge is 0.396 e. The van der Waals surface area contributed by atoms with Crippen LogP contribution in [-0.2, 0) is 0 Å². The Labute approximate surface area is 119 Å². The zero-order valence-corrected chi connectivity index (χ0v) is 13.1. The number of hydrogen-bond acceptors (Lipinski definition) is 2. The van der Waals surface area contributed by atoms with Crippen molar-refractivity contribution in [2.24, 2.45) is 5.41 Å². The molecule has 0 spiro atoms. The normalized spacial score (nSPS) is 13.6. The lowest BCUT2D eigenvalue weighted by Gasteiger charge is -2.27. The van der Waals surface area contributed by atoms with Gasteiger partial charge in [-0.1, -0.05) is 41.9 Å². The minimum absolute atomic E-state index is 0.225. The predicted molar refractivity (Wildman–Crippen MR) is 80.7 cm³/mol. The number of aliphatic hydroxyl groups is 1. The highest BCUT2D eigenvalue weighted by Gasteiger charge is 2.18. The summed E-state index contributed by atoms with van der Waals surface area (Å²) in [6.07, 6.45) is 1.92. The van der Waals surface area contributed by atoms with Gasteiger partial charge in [0.2, 0.25) is 0 Å². The van der Waals surface area contributed by atoms with E-state index in [2.05, 4.69) is 60.2 Å². The van der Waals surface area contributed by atoms with Crippen LogP contribution < -0.4 is 5.32 Å². The Morgan fingerprint density at radius 1 is 1.39 bits per heavy atom. The Bertz CT molecular complexity index is 365. The molecule has 0 bridgehead atoms. The number of nitrogens with one attached hydrogen (secondary N) is 1. The summed E-state index contributed by atoms with van der Waals surface area (Å²) < 4.78 is 1.12. The van der Waals surface area contributed by atoms with Gasteiger partial charge in [-0.2, -0.15) is 0 Å². The minimum atomic E-state index is 0.225. The first-order valence-corrected chi connectivity index (χ1v) is 7.33. The van der Waals surface area contributed by atoms with Crippen LogP contribution in [-0.4, -0.2) is 18.3 Å². The van der Waals surface area contributed by atoms with Crippen LogP contribution in [0.25, 0.3) is 0 Å². The van der Waals surface area contributed by atoms with Crippen molar-refractivity contribution in [2.45, 2.75) is 39.7 Å². The van der Waals surface area contributed by atoms with Crippen LogP contribution in [0.3, 0.4) is 0 Å². The summed E-state index contributed by atoms with van der Waals surface area (Å²) >= 11 is 3.50. The van der Waals surface area contributed by atoms with Gasteiger partial charge < -0.3 is 10.4 Å². The third-order valence-electron chi connectivity index (χ3n) is 3.25. The third-order valence-corrected chi connectivity index (χ3v) is 3.74. The first kappa shape index (κ1) is 15.7. The number of rotatable bonds is 7. The third kappa shape index (κ3) is 5.51. The Hall–Kier alpha value is -0.380. The molecule has 1 aromatic carbocycles. The van der Waals surface area contributed by atoms with Crippen molar-refractivity contribution in [1.29, 1.82) is 0 Å². The SMILES string of the molecule is CC(NCC(C)(C)CCCO)c1cccc(Br)c1.